The Balaban J connectivity index is 1.87. The van der Waals surface area contributed by atoms with Crippen molar-refractivity contribution in [2.24, 2.45) is 0 Å². The summed E-state index contributed by atoms with van der Waals surface area (Å²) in [5, 5.41) is 0. The molecule has 6 heteroatoms. The van der Waals surface area contributed by atoms with Crippen molar-refractivity contribution in [1.82, 2.24) is 0 Å². The average Bonchev–Trinajstić information content (AvgIpc) is 2.78. The van der Waals surface area contributed by atoms with Crippen LogP contribution in [-0.2, 0) is 4.74 Å². The molecule has 1 aliphatic rings. The van der Waals surface area contributed by atoms with E-state index < -0.39 is 0 Å². The monoisotopic (exact) mass is 400 g/mol. The van der Waals surface area contributed by atoms with Crippen molar-refractivity contribution in [3.63, 3.8) is 0 Å². The summed E-state index contributed by atoms with van der Waals surface area (Å²) in [5.41, 5.74) is 1.81. The fraction of sp³-hybridized carbons (Fsp3) is 0.391. The molecule has 1 atom stereocenters. The third-order valence-corrected chi connectivity index (χ3v) is 4.74. The van der Waals surface area contributed by atoms with Gasteiger partial charge in [-0.15, -0.1) is 0 Å². The summed E-state index contributed by atoms with van der Waals surface area (Å²) < 4.78 is 33.5. The Labute approximate surface area is 171 Å². The van der Waals surface area contributed by atoms with Crippen LogP contribution in [0.5, 0.6) is 28.7 Å². The molecule has 1 aliphatic heterocycles. The Hall–Kier alpha value is -2.86. The van der Waals surface area contributed by atoms with Crippen LogP contribution in [0.4, 0.5) is 0 Å². The third kappa shape index (κ3) is 5.35. The van der Waals surface area contributed by atoms with E-state index in [1.807, 2.05) is 42.5 Å². The van der Waals surface area contributed by atoms with Gasteiger partial charge in [0.1, 0.15) is 17.2 Å². The van der Waals surface area contributed by atoms with Crippen LogP contribution in [0.1, 0.15) is 30.4 Å². The predicted molar refractivity (Wildman–Crippen MR) is 112 cm³/mol. The number of ether oxygens (including phenoxy) is 6. The van der Waals surface area contributed by atoms with Gasteiger partial charge in [0.2, 0.25) is 0 Å². The lowest BCUT2D eigenvalue weighted by Gasteiger charge is -2.24. The number of benzene rings is 2. The van der Waals surface area contributed by atoms with Crippen molar-refractivity contribution >= 4 is 12.2 Å². The van der Waals surface area contributed by atoms with Crippen LogP contribution in [-0.4, -0.2) is 41.3 Å². The number of hydrogen-bond acceptors (Lipinski definition) is 6. The van der Waals surface area contributed by atoms with E-state index in [2.05, 4.69) is 0 Å². The topological polar surface area (TPSA) is 55.4 Å². The Morgan fingerprint density at radius 2 is 1.48 bits per heavy atom. The standard InChI is InChI=1S/C23H28O6/c1-24-18-11-16(12-19(14-18)25-2)8-9-17-13-21(27-4)22(15-20(17)26-3)29-23-7-5-6-10-28-23/h8-9,11-15,23H,5-7,10H2,1-4H3. The SMILES string of the molecule is COc1cc(C=Cc2cc(OC)c(OC3CCCCO3)cc2OC)cc(OC)c1. The van der Waals surface area contributed by atoms with Crippen LogP contribution in [0.3, 0.4) is 0 Å². The van der Waals surface area contributed by atoms with Gasteiger partial charge in [-0.2, -0.15) is 0 Å². The molecule has 29 heavy (non-hydrogen) atoms. The Morgan fingerprint density at radius 1 is 0.759 bits per heavy atom. The van der Waals surface area contributed by atoms with Crippen molar-refractivity contribution in [2.45, 2.75) is 25.6 Å². The van der Waals surface area contributed by atoms with Gasteiger partial charge in [0.05, 0.1) is 35.0 Å². The molecule has 2 aromatic carbocycles. The minimum absolute atomic E-state index is 0.256. The van der Waals surface area contributed by atoms with Crippen molar-refractivity contribution in [2.75, 3.05) is 35.0 Å². The quantitative estimate of drug-likeness (QED) is 0.594. The molecule has 3 rings (SSSR count). The first-order chi connectivity index (χ1) is 14.2. The summed E-state index contributed by atoms with van der Waals surface area (Å²) in [6.07, 6.45) is 6.69. The summed E-state index contributed by atoms with van der Waals surface area (Å²) in [4.78, 5) is 0. The summed E-state index contributed by atoms with van der Waals surface area (Å²) in [6.45, 7) is 0.717. The number of rotatable bonds is 8. The summed E-state index contributed by atoms with van der Waals surface area (Å²) in [6, 6.07) is 9.43. The van der Waals surface area contributed by atoms with E-state index in [4.69, 9.17) is 28.4 Å². The maximum atomic E-state index is 6.01. The first kappa shape index (κ1) is 20.9. The lowest BCUT2D eigenvalue weighted by atomic mass is 10.1. The zero-order valence-electron chi connectivity index (χ0n) is 17.4. The molecular weight excluding hydrogens is 372 g/mol. The maximum absolute atomic E-state index is 6.01. The van der Waals surface area contributed by atoms with E-state index in [1.165, 1.54) is 0 Å². The van der Waals surface area contributed by atoms with E-state index in [1.54, 1.807) is 28.4 Å². The predicted octanol–water partition coefficient (Wildman–Crippen LogP) is 4.80. The highest BCUT2D eigenvalue weighted by molar-refractivity contribution is 5.75. The normalized spacial score (nSPS) is 16.5. The molecule has 0 N–H and O–H groups in total. The van der Waals surface area contributed by atoms with Crippen molar-refractivity contribution in [3.05, 3.63) is 41.5 Å². The van der Waals surface area contributed by atoms with Gasteiger partial charge >= 0.3 is 0 Å². The summed E-state index contributed by atoms with van der Waals surface area (Å²) >= 11 is 0. The van der Waals surface area contributed by atoms with E-state index in [9.17, 15) is 0 Å². The third-order valence-electron chi connectivity index (χ3n) is 4.74. The van der Waals surface area contributed by atoms with Crippen LogP contribution in [0.15, 0.2) is 30.3 Å². The van der Waals surface area contributed by atoms with Gasteiger partial charge in [0, 0.05) is 24.1 Å². The second-order valence-electron chi connectivity index (χ2n) is 6.64. The van der Waals surface area contributed by atoms with Crippen LogP contribution in [0.25, 0.3) is 12.2 Å². The fourth-order valence-corrected chi connectivity index (χ4v) is 3.17. The highest BCUT2D eigenvalue weighted by atomic mass is 16.7. The molecule has 156 valence electrons. The number of hydrogen-bond donors (Lipinski definition) is 0. The van der Waals surface area contributed by atoms with Crippen molar-refractivity contribution in [1.29, 1.82) is 0 Å². The molecule has 2 aromatic rings. The van der Waals surface area contributed by atoms with Crippen LogP contribution >= 0.6 is 0 Å². The molecule has 1 fully saturated rings. The van der Waals surface area contributed by atoms with E-state index in [0.29, 0.717) is 17.2 Å². The second kappa shape index (κ2) is 10.1. The van der Waals surface area contributed by atoms with Gasteiger partial charge in [-0.05, 0) is 36.6 Å². The molecule has 6 nitrogen and oxygen atoms in total. The zero-order chi connectivity index (χ0) is 20.6. The minimum Gasteiger partial charge on any atom is -0.497 e. The molecule has 0 aromatic heterocycles. The lowest BCUT2D eigenvalue weighted by Crippen LogP contribution is -2.25. The van der Waals surface area contributed by atoms with Crippen molar-refractivity contribution in [3.8, 4) is 28.7 Å². The molecule has 0 radical (unpaired) electrons. The first-order valence-electron chi connectivity index (χ1n) is 9.62. The van der Waals surface area contributed by atoms with Gasteiger partial charge in [0.15, 0.2) is 17.8 Å². The summed E-state index contributed by atoms with van der Waals surface area (Å²) in [5.74, 6) is 3.37. The van der Waals surface area contributed by atoms with E-state index in [-0.39, 0.29) is 6.29 Å². The molecule has 1 heterocycles. The zero-order valence-corrected chi connectivity index (χ0v) is 17.4. The molecular formula is C23H28O6. The Kier molecular flexibility index (Phi) is 7.25. The molecule has 0 spiro atoms. The van der Waals surface area contributed by atoms with Gasteiger partial charge in [-0.1, -0.05) is 12.2 Å². The minimum atomic E-state index is -0.256. The van der Waals surface area contributed by atoms with Crippen LogP contribution < -0.4 is 23.7 Å². The molecule has 0 amide bonds. The van der Waals surface area contributed by atoms with Crippen LogP contribution in [0, 0.1) is 0 Å². The molecule has 0 bridgehead atoms. The molecule has 0 aliphatic carbocycles. The van der Waals surface area contributed by atoms with Gasteiger partial charge < -0.3 is 28.4 Å². The molecule has 1 saturated heterocycles. The molecule has 1 unspecified atom stereocenters. The fourth-order valence-electron chi connectivity index (χ4n) is 3.17. The Bertz CT molecular complexity index is 817. The maximum Gasteiger partial charge on any atom is 0.200 e. The van der Waals surface area contributed by atoms with E-state index >= 15 is 0 Å². The Morgan fingerprint density at radius 3 is 2.07 bits per heavy atom. The highest BCUT2D eigenvalue weighted by Crippen LogP contribution is 2.37. The van der Waals surface area contributed by atoms with Gasteiger partial charge in [-0.3, -0.25) is 0 Å². The highest BCUT2D eigenvalue weighted by Gasteiger charge is 2.19. The smallest absolute Gasteiger partial charge is 0.200 e. The molecule has 0 saturated carbocycles. The van der Waals surface area contributed by atoms with Crippen molar-refractivity contribution < 1.29 is 28.4 Å². The summed E-state index contributed by atoms with van der Waals surface area (Å²) in [7, 11) is 6.52. The second-order valence-corrected chi connectivity index (χ2v) is 6.64. The van der Waals surface area contributed by atoms with Gasteiger partial charge in [-0.25, -0.2) is 0 Å². The first-order valence-corrected chi connectivity index (χ1v) is 9.62. The van der Waals surface area contributed by atoms with E-state index in [0.717, 1.165) is 48.5 Å². The largest absolute Gasteiger partial charge is 0.497 e. The van der Waals surface area contributed by atoms with Crippen LogP contribution in [0.2, 0.25) is 0 Å². The lowest BCUT2D eigenvalue weighted by molar-refractivity contribution is -0.106. The number of methoxy groups -OCH3 is 4. The average molecular weight is 400 g/mol. The van der Waals surface area contributed by atoms with Gasteiger partial charge in [0.25, 0.3) is 0 Å².